The summed E-state index contributed by atoms with van der Waals surface area (Å²) in [5.74, 6) is 0. The summed E-state index contributed by atoms with van der Waals surface area (Å²) in [5, 5.41) is 15.9. The van der Waals surface area contributed by atoms with Crippen molar-refractivity contribution in [3.8, 4) is 0 Å². The average Bonchev–Trinajstić information content (AvgIpc) is 2.51. The van der Waals surface area contributed by atoms with E-state index in [9.17, 15) is 0 Å². The van der Waals surface area contributed by atoms with Gasteiger partial charge in [-0.3, -0.25) is 4.68 Å². The Hall–Kier alpha value is -1.03. The van der Waals surface area contributed by atoms with Crippen molar-refractivity contribution in [1.29, 1.82) is 0 Å². The number of hydrogen-bond acceptors (Lipinski definition) is 3. The lowest BCUT2D eigenvalue weighted by molar-refractivity contribution is 0.283. The largest absolute Gasteiger partial charge is 0.396 e. The number of aromatic nitrogens is 2. The molecule has 0 saturated carbocycles. The maximum atomic E-state index is 8.55. The maximum Gasteiger partial charge on any atom is 0.0726 e. The lowest BCUT2D eigenvalue weighted by atomic mass is 10.2. The third-order valence-electron chi connectivity index (χ3n) is 1.87. The first-order valence-corrected chi connectivity index (χ1v) is 4.66. The first kappa shape index (κ1) is 10.1. The van der Waals surface area contributed by atoms with Gasteiger partial charge in [-0.1, -0.05) is 0 Å². The van der Waals surface area contributed by atoms with Crippen molar-refractivity contribution in [1.82, 2.24) is 9.78 Å². The number of aryl methyl sites for hydroxylation is 1. The van der Waals surface area contributed by atoms with Gasteiger partial charge in [-0.15, -0.1) is 0 Å². The van der Waals surface area contributed by atoms with Crippen molar-refractivity contribution in [3.05, 3.63) is 12.4 Å². The van der Waals surface area contributed by atoms with Crippen LogP contribution in [0.4, 0.5) is 5.69 Å². The monoisotopic (exact) mass is 183 g/mol. The molecule has 1 heterocycles. The van der Waals surface area contributed by atoms with E-state index in [0.717, 1.165) is 31.5 Å². The molecule has 1 rings (SSSR count). The summed E-state index contributed by atoms with van der Waals surface area (Å²) >= 11 is 0. The van der Waals surface area contributed by atoms with Gasteiger partial charge in [-0.05, 0) is 19.3 Å². The molecule has 1 aromatic rings. The van der Waals surface area contributed by atoms with E-state index in [1.165, 1.54) is 0 Å². The Bertz CT molecular complexity index is 235. The summed E-state index contributed by atoms with van der Waals surface area (Å²) in [7, 11) is 1.90. The fraction of sp³-hybridized carbons (Fsp3) is 0.667. The zero-order valence-corrected chi connectivity index (χ0v) is 8.03. The van der Waals surface area contributed by atoms with Crippen LogP contribution in [0.5, 0.6) is 0 Å². The molecule has 0 aromatic carbocycles. The molecule has 0 amide bonds. The number of anilines is 1. The number of nitrogens with zero attached hydrogens (tertiary/aromatic N) is 2. The van der Waals surface area contributed by atoms with Crippen LogP contribution in [0.15, 0.2) is 12.4 Å². The summed E-state index contributed by atoms with van der Waals surface area (Å²) in [4.78, 5) is 0. The molecule has 0 aliphatic heterocycles. The van der Waals surface area contributed by atoms with E-state index >= 15 is 0 Å². The Morgan fingerprint density at radius 1 is 1.46 bits per heavy atom. The molecule has 0 unspecified atom stereocenters. The summed E-state index contributed by atoms with van der Waals surface area (Å²) in [5.41, 5.74) is 1.06. The van der Waals surface area contributed by atoms with Gasteiger partial charge in [0.15, 0.2) is 0 Å². The van der Waals surface area contributed by atoms with Crippen molar-refractivity contribution in [3.63, 3.8) is 0 Å². The zero-order valence-electron chi connectivity index (χ0n) is 8.03. The smallest absolute Gasteiger partial charge is 0.0726 e. The summed E-state index contributed by atoms with van der Waals surface area (Å²) in [6, 6.07) is 0. The molecular weight excluding hydrogens is 166 g/mol. The van der Waals surface area contributed by atoms with Crippen molar-refractivity contribution < 1.29 is 5.11 Å². The van der Waals surface area contributed by atoms with Gasteiger partial charge >= 0.3 is 0 Å². The Morgan fingerprint density at radius 3 is 2.92 bits per heavy atom. The van der Waals surface area contributed by atoms with E-state index in [-0.39, 0.29) is 0 Å². The molecular formula is C9H17N3O. The van der Waals surface area contributed by atoms with E-state index in [4.69, 9.17) is 5.11 Å². The third kappa shape index (κ3) is 3.94. The van der Waals surface area contributed by atoms with Gasteiger partial charge in [0.05, 0.1) is 11.9 Å². The van der Waals surface area contributed by atoms with Crippen LogP contribution in [-0.2, 0) is 7.05 Å². The first-order chi connectivity index (χ1) is 6.33. The molecule has 13 heavy (non-hydrogen) atoms. The van der Waals surface area contributed by atoms with Gasteiger partial charge in [0.1, 0.15) is 0 Å². The molecule has 0 bridgehead atoms. The molecule has 74 valence electrons. The summed E-state index contributed by atoms with van der Waals surface area (Å²) in [6.07, 6.45) is 6.83. The van der Waals surface area contributed by atoms with E-state index in [1.54, 1.807) is 4.68 Å². The number of rotatable bonds is 6. The minimum absolute atomic E-state index is 0.299. The van der Waals surface area contributed by atoms with Crippen LogP contribution in [0.25, 0.3) is 0 Å². The average molecular weight is 183 g/mol. The second kappa shape index (κ2) is 5.59. The normalized spacial score (nSPS) is 10.3. The highest BCUT2D eigenvalue weighted by Gasteiger charge is 1.93. The molecule has 1 aromatic heterocycles. The van der Waals surface area contributed by atoms with Crippen LogP contribution < -0.4 is 5.32 Å². The zero-order chi connectivity index (χ0) is 9.52. The number of aliphatic hydroxyl groups is 1. The number of nitrogens with one attached hydrogen (secondary N) is 1. The van der Waals surface area contributed by atoms with Crippen molar-refractivity contribution in [2.75, 3.05) is 18.5 Å². The third-order valence-corrected chi connectivity index (χ3v) is 1.87. The van der Waals surface area contributed by atoms with Crippen LogP contribution in [-0.4, -0.2) is 28.0 Å². The summed E-state index contributed by atoms with van der Waals surface area (Å²) in [6.45, 7) is 1.25. The molecule has 0 atom stereocenters. The first-order valence-electron chi connectivity index (χ1n) is 4.66. The van der Waals surface area contributed by atoms with Crippen LogP contribution in [0.3, 0.4) is 0 Å². The Balaban J connectivity index is 2.06. The Labute approximate surface area is 78.6 Å². The second-order valence-corrected chi connectivity index (χ2v) is 3.11. The SMILES string of the molecule is Cn1cc(NCCCCCO)cn1. The molecule has 2 N–H and O–H groups in total. The van der Waals surface area contributed by atoms with Gasteiger partial charge in [0, 0.05) is 26.4 Å². The Morgan fingerprint density at radius 2 is 2.31 bits per heavy atom. The molecule has 0 fully saturated rings. The van der Waals surface area contributed by atoms with Gasteiger partial charge < -0.3 is 10.4 Å². The number of unbranched alkanes of at least 4 members (excludes halogenated alkanes) is 2. The minimum atomic E-state index is 0.299. The number of hydrogen-bond donors (Lipinski definition) is 2. The van der Waals surface area contributed by atoms with Crippen LogP contribution in [0.2, 0.25) is 0 Å². The van der Waals surface area contributed by atoms with Gasteiger partial charge in [0.2, 0.25) is 0 Å². The lowest BCUT2D eigenvalue weighted by Gasteiger charge is -2.01. The lowest BCUT2D eigenvalue weighted by Crippen LogP contribution is -2.00. The van der Waals surface area contributed by atoms with Crippen LogP contribution in [0, 0.1) is 0 Å². The summed E-state index contributed by atoms with van der Waals surface area (Å²) < 4.78 is 1.77. The molecule has 4 nitrogen and oxygen atoms in total. The van der Waals surface area contributed by atoms with E-state index < -0.39 is 0 Å². The van der Waals surface area contributed by atoms with Gasteiger partial charge in [0.25, 0.3) is 0 Å². The fourth-order valence-corrected chi connectivity index (χ4v) is 1.16. The molecule has 0 aliphatic carbocycles. The predicted octanol–water partition coefficient (Wildman–Crippen LogP) is 0.995. The molecule has 4 heteroatoms. The van der Waals surface area contributed by atoms with Crippen LogP contribution in [0.1, 0.15) is 19.3 Å². The van der Waals surface area contributed by atoms with Gasteiger partial charge in [-0.25, -0.2) is 0 Å². The molecule has 0 spiro atoms. The molecule has 0 saturated heterocycles. The minimum Gasteiger partial charge on any atom is -0.396 e. The highest BCUT2D eigenvalue weighted by molar-refractivity contribution is 5.37. The maximum absolute atomic E-state index is 8.55. The predicted molar refractivity (Wildman–Crippen MR) is 52.6 cm³/mol. The molecule has 0 radical (unpaired) electrons. The second-order valence-electron chi connectivity index (χ2n) is 3.11. The van der Waals surface area contributed by atoms with Crippen molar-refractivity contribution >= 4 is 5.69 Å². The highest BCUT2D eigenvalue weighted by atomic mass is 16.2. The molecule has 0 aliphatic rings. The standard InChI is InChI=1S/C9H17N3O/c1-12-8-9(7-11-12)10-5-3-2-4-6-13/h7-8,10,13H,2-6H2,1H3. The van der Waals surface area contributed by atoms with Gasteiger partial charge in [-0.2, -0.15) is 5.10 Å². The van der Waals surface area contributed by atoms with E-state index in [0.29, 0.717) is 6.61 Å². The van der Waals surface area contributed by atoms with Crippen LogP contribution >= 0.6 is 0 Å². The Kier molecular flexibility index (Phi) is 4.32. The van der Waals surface area contributed by atoms with E-state index in [1.807, 2.05) is 19.4 Å². The highest BCUT2D eigenvalue weighted by Crippen LogP contribution is 2.03. The topological polar surface area (TPSA) is 50.1 Å². The van der Waals surface area contributed by atoms with Crippen molar-refractivity contribution in [2.45, 2.75) is 19.3 Å². The number of aliphatic hydroxyl groups excluding tert-OH is 1. The van der Waals surface area contributed by atoms with Crippen molar-refractivity contribution in [2.24, 2.45) is 7.05 Å². The quantitative estimate of drug-likeness (QED) is 0.647. The fourth-order valence-electron chi connectivity index (χ4n) is 1.16. The van der Waals surface area contributed by atoms with E-state index in [2.05, 4.69) is 10.4 Å².